The van der Waals surface area contributed by atoms with Crippen LogP contribution in [0.4, 0.5) is 0 Å². The first-order chi connectivity index (χ1) is 7.20. The Bertz CT molecular complexity index is 285. The predicted octanol–water partition coefficient (Wildman–Crippen LogP) is 0.573. The number of hydrogen-bond donors (Lipinski definition) is 0. The lowest BCUT2D eigenvalue weighted by Crippen LogP contribution is -2.30. The van der Waals surface area contributed by atoms with Crippen LogP contribution >= 0.6 is 0 Å². The van der Waals surface area contributed by atoms with Crippen LogP contribution in [0.1, 0.15) is 20.3 Å². The highest BCUT2D eigenvalue weighted by Gasteiger charge is 2.34. The highest BCUT2D eigenvalue weighted by molar-refractivity contribution is 6.41. The van der Waals surface area contributed by atoms with E-state index in [4.69, 9.17) is 9.47 Å². The van der Waals surface area contributed by atoms with E-state index in [-0.39, 0.29) is 18.3 Å². The molecule has 0 aliphatic carbocycles. The van der Waals surface area contributed by atoms with Gasteiger partial charge in [0, 0.05) is 6.54 Å². The minimum atomic E-state index is -0.538. The molecule has 0 spiro atoms. The van der Waals surface area contributed by atoms with Crippen molar-refractivity contribution >= 4 is 17.7 Å². The fourth-order valence-corrected chi connectivity index (χ4v) is 1.45. The second-order valence-corrected chi connectivity index (χ2v) is 3.08. The van der Waals surface area contributed by atoms with E-state index < -0.39 is 11.9 Å². The molecule has 0 bridgehead atoms. The largest absolute Gasteiger partial charge is 0.465 e. The van der Waals surface area contributed by atoms with Crippen LogP contribution in [0.2, 0.25) is 0 Å². The van der Waals surface area contributed by atoms with Gasteiger partial charge in [0.1, 0.15) is 11.6 Å². The molecule has 0 N–H and O–H groups in total. The van der Waals surface area contributed by atoms with Crippen molar-refractivity contribution in [3.8, 4) is 0 Å². The SMILES string of the molecule is CCOC(=O)C1=NCCC1C(=O)OCC. The van der Waals surface area contributed by atoms with Gasteiger partial charge in [-0.15, -0.1) is 0 Å². The third-order valence-electron chi connectivity index (χ3n) is 2.09. The number of carbonyl (C=O) groups excluding carboxylic acids is 2. The maximum absolute atomic E-state index is 11.5. The molecule has 0 saturated heterocycles. The Hall–Kier alpha value is -1.39. The normalized spacial score (nSPS) is 19.6. The molecule has 1 heterocycles. The minimum Gasteiger partial charge on any atom is -0.465 e. The number of carbonyl (C=O) groups is 2. The van der Waals surface area contributed by atoms with Gasteiger partial charge in [-0.25, -0.2) is 4.79 Å². The summed E-state index contributed by atoms with van der Waals surface area (Å²) in [7, 11) is 0. The molecule has 1 aliphatic rings. The van der Waals surface area contributed by atoms with E-state index in [1.54, 1.807) is 13.8 Å². The van der Waals surface area contributed by atoms with Gasteiger partial charge in [0.2, 0.25) is 0 Å². The van der Waals surface area contributed by atoms with Gasteiger partial charge in [0.15, 0.2) is 0 Å². The zero-order chi connectivity index (χ0) is 11.3. The van der Waals surface area contributed by atoms with Crippen molar-refractivity contribution < 1.29 is 19.1 Å². The lowest BCUT2D eigenvalue weighted by atomic mass is 10.0. The highest BCUT2D eigenvalue weighted by Crippen LogP contribution is 2.17. The molecule has 5 nitrogen and oxygen atoms in total. The van der Waals surface area contributed by atoms with E-state index >= 15 is 0 Å². The monoisotopic (exact) mass is 213 g/mol. The number of esters is 2. The maximum atomic E-state index is 11.5. The summed E-state index contributed by atoms with van der Waals surface area (Å²) in [6.07, 6.45) is 0.535. The molecule has 1 rings (SSSR count). The Labute approximate surface area is 88.5 Å². The second-order valence-electron chi connectivity index (χ2n) is 3.08. The molecule has 0 amide bonds. The summed E-state index contributed by atoms with van der Waals surface area (Å²) in [5.41, 5.74) is 0.204. The molecule has 1 unspecified atom stereocenters. The van der Waals surface area contributed by atoms with Crippen molar-refractivity contribution in [1.29, 1.82) is 0 Å². The fourth-order valence-electron chi connectivity index (χ4n) is 1.45. The number of aliphatic imine (C=N–C) groups is 1. The Kier molecular flexibility index (Phi) is 4.27. The summed E-state index contributed by atoms with van der Waals surface area (Å²) in [6.45, 7) is 4.53. The molecular formula is C10H15NO4. The minimum absolute atomic E-state index is 0.204. The van der Waals surface area contributed by atoms with Gasteiger partial charge in [-0.2, -0.15) is 0 Å². The van der Waals surface area contributed by atoms with Gasteiger partial charge in [0.25, 0.3) is 0 Å². The standard InChI is InChI=1S/C10H15NO4/c1-3-14-9(12)7-5-6-11-8(7)10(13)15-4-2/h7H,3-6H2,1-2H3. The van der Waals surface area contributed by atoms with E-state index in [1.807, 2.05) is 0 Å². The van der Waals surface area contributed by atoms with E-state index in [0.29, 0.717) is 19.6 Å². The van der Waals surface area contributed by atoms with Crippen LogP contribution in [0.15, 0.2) is 4.99 Å². The van der Waals surface area contributed by atoms with Crippen molar-refractivity contribution in [3.63, 3.8) is 0 Å². The Morgan fingerprint density at radius 1 is 1.33 bits per heavy atom. The predicted molar refractivity (Wildman–Crippen MR) is 53.7 cm³/mol. The summed E-state index contributed by atoms with van der Waals surface area (Å²) in [5.74, 6) is -1.43. The van der Waals surface area contributed by atoms with Crippen LogP contribution in [0, 0.1) is 5.92 Å². The van der Waals surface area contributed by atoms with Crippen LogP contribution in [0.5, 0.6) is 0 Å². The molecule has 0 aromatic carbocycles. The average molecular weight is 213 g/mol. The first kappa shape index (κ1) is 11.7. The molecular weight excluding hydrogens is 198 g/mol. The summed E-state index contributed by atoms with van der Waals surface area (Å²) >= 11 is 0. The van der Waals surface area contributed by atoms with Crippen LogP contribution in [0.25, 0.3) is 0 Å². The first-order valence-corrected chi connectivity index (χ1v) is 5.08. The quantitative estimate of drug-likeness (QED) is 0.640. The summed E-state index contributed by atoms with van der Waals surface area (Å²) in [5, 5.41) is 0. The van der Waals surface area contributed by atoms with E-state index in [2.05, 4.69) is 4.99 Å². The van der Waals surface area contributed by atoms with Crippen molar-refractivity contribution in [2.24, 2.45) is 10.9 Å². The zero-order valence-electron chi connectivity index (χ0n) is 8.99. The molecule has 0 fully saturated rings. The number of nitrogens with zero attached hydrogens (tertiary/aromatic N) is 1. The van der Waals surface area contributed by atoms with Crippen LogP contribution < -0.4 is 0 Å². The van der Waals surface area contributed by atoms with E-state index in [0.717, 1.165) is 0 Å². The average Bonchev–Trinajstić information content (AvgIpc) is 2.66. The van der Waals surface area contributed by atoms with E-state index in [9.17, 15) is 9.59 Å². The lowest BCUT2D eigenvalue weighted by molar-refractivity contribution is -0.147. The number of rotatable bonds is 4. The van der Waals surface area contributed by atoms with Gasteiger partial charge >= 0.3 is 11.9 Å². The van der Waals surface area contributed by atoms with Gasteiger partial charge in [-0.05, 0) is 20.3 Å². The number of hydrogen-bond acceptors (Lipinski definition) is 5. The van der Waals surface area contributed by atoms with Crippen LogP contribution in [0.3, 0.4) is 0 Å². The molecule has 0 saturated carbocycles. The first-order valence-electron chi connectivity index (χ1n) is 5.08. The summed E-state index contributed by atoms with van der Waals surface area (Å²) < 4.78 is 9.66. The van der Waals surface area contributed by atoms with Gasteiger partial charge in [-0.1, -0.05) is 0 Å². The second kappa shape index (κ2) is 5.48. The Morgan fingerprint density at radius 3 is 2.60 bits per heavy atom. The van der Waals surface area contributed by atoms with Gasteiger partial charge < -0.3 is 9.47 Å². The summed E-state index contributed by atoms with van der Waals surface area (Å²) in [6, 6.07) is 0. The van der Waals surface area contributed by atoms with Crippen molar-refractivity contribution in [2.75, 3.05) is 19.8 Å². The molecule has 15 heavy (non-hydrogen) atoms. The summed E-state index contributed by atoms with van der Waals surface area (Å²) in [4.78, 5) is 26.8. The van der Waals surface area contributed by atoms with E-state index in [1.165, 1.54) is 0 Å². The highest BCUT2D eigenvalue weighted by atomic mass is 16.5. The van der Waals surface area contributed by atoms with Crippen LogP contribution in [-0.2, 0) is 19.1 Å². The lowest BCUT2D eigenvalue weighted by Gasteiger charge is -2.10. The molecule has 0 aromatic rings. The molecule has 1 aliphatic heterocycles. The van der Waals surface area contributed by atoms with Crippen molar-refractivity contribution in [2.45, 2.75) is 20.3 Å². The maximum Gasteiger partial charge on any atom is 0.353 e. The fraction of sp³-hybridized carbons (Fsp3) is 0.700. The van der Waals surface area contributed by atoms with Gasteiger partial charge in [0.05, 0.1) is 13.2 Å². The smallest absolute Gasteiger partial charge is 0.353 e. The third kappa shape index (κ3) is 2.78. The molecule has 1 atom stereocenters. The topological polar surface area (TPSA) is 65.0 Å². The van der Waals surface area contributed by atoms with Gasteiger partial charge in [-0.3, -0.25) is 9.79 Å². The Balaban J connectivity index is 2.63. The molecule has 84 valence electrons. The molecule has 0 aromatic heterocycles. The van der Waals surface area contributed by atoms with Crippen LogP contribution in [-0.4, -0.2) is 37.4 Å². The Morgan fingerprint density at radius 2 is 2.00 bits per heavy atom. The third-order valence-corrected chi connectivity index (χ3v) is 2.09. The van der Waals surface area contributed by atoms with Crippen molar-refractivity contribution in [3.05, 3.63) is 0 Å². The number of ether oxygens (including phenoxy) is 2. The van der Waals surface area contributed by atoms with Crippen molar-refractivity contribution in [1.82, 2.24) is 0 Å². The molecule has 5 heteroatoms. The zero-order valence-corrected chi connectivity index (χ0v) is 8.99. The molecule has 0 radical (unpaired) electrons.